The minimum Gasteiger partial charge on any atom is -0.385 e. The number of halogens is 1. The Kier molecular flexibility index (Phi) is 1.85. The van der Waals surface area contributed by atoms with E-state index in [4.69, 9.17) is 11.6 Å². The third-order valence-electron chi connectivity index (χ3n) is 4.50. The molecule has 1 heterocycles. The van der Waals surface area contributed by atoms with Crippen LogP contribution in [0.2, 0.25) is 5.02 Å². The molecule has 17 heavy (non-hydrogen) atoms. The highest BCUT2D eigenvalue weighted by molar-refractivity contribution is 6.31. The molecule has 3 atom stereocenters. The van der Waals surface area contributed by atoms with Crippen LogP contribution in [0.1, 0.15) is 36.0 Å². The van der Waals surface area contributed by atoms with Gasteiger partial charge in [-0.2, -0.15) is 0 Å². The topological polar surface area (TPSA) is 32.6 Å². The van der Waals surface area contributed by atoms with Crippen LogP contribution in [0.5, 0.6) is 0 Å². The van der Waals surface area contributed by atoms with E-state index in [0.29, 0.717) is 11.6 Å². The second-order valence-electron chi connectivity index (χ2n) is 5.69. The monoisotopic (exact) mass is 247 g/mol. The number of hydrogen-bond donors (Lipinski definition) is 1. The van der Waals surface area contributed by atoms with Crippen molar-refractivity contribution in [1.29, 1.82) is 0 Å². The molecule has 1 N–H and O–H groups in total. The van der Waals surface area contributed by atoms with Crippen LogP contribution in [0, 0.1) is 11.8 Å². The molecule has 2 aliphatic carbocycles. The van der Waals surface area contributed by atoms with Gasteiger partial charge in [0.2, 0.25) is 0 Å². The first-order valence-electron chi connectivity index (χ1n) is 6.21. The van der Waals surface area contributed by atoms with E-state index >= 15 is 0 Å². The van der Waals surface area contributed by atoms with E-state index in [2.05, 4.69) is 4.99 Å². The molecular formula is C14H14ClNO. The van der Waals surface area contributed by atoms with Gasteiger partial charge in [0.15, 0.2) is 0 Å². The van der Waals surface area contributed by atoms with Gasteiger partial charge in [-0.15, -0.1) is 0 Å². The van der Waals surface area contributed by atoms with Gasteiger partial charge in [0.05, 0.1) is 12.1 Å². The number of hydrogen-bond acceptors (Lipinski definition) is 2. The molecule has 0 amide bonds. The van der Waals surface area contributed by atoms with E-state index < -0.39 is 5.60 Å². The minimum absolute atomic E-state index is 0.643. The van der Waals surface area contributed by atoms with Crippen molar-refractivity contribution >= 4 is 17.8 Å². The predicted molar refractivity (Wildman–Crippen MR) is 67.5 cm³/mol. The summed E-state index contributed by atoms with van der Waals surface area (Å²) in [5.41, 5.74) is 2.65. The van der Waals surface area contributed by atoms with Crippen molar-refractivity contribution in [2.45, 2.75) is 31.4 Å². The zero-order chi connectivity index (χ0) is 11.6. The van der Waals surface area contributed by atoms with Gasteiger partial charge < -0.3 is 5.11 Å². The molecule has 1 aromatic rings. The number of fused-ring (bicyclic) bond motifs is 2. The highest BCUT2D eigenvalue weighted by Gasteiger charge is 2.54. The maximum Gasteiger partial charge on any atom is 0.0906 e. The summed E-state index contributed by atoms with van der Waals surface area (Å²) in [7, 11) is 0. The van der Waals surface area contributed by atoms with Crippen molar-refractivity contribution in [3.05, 3.63) is 33.8 Å². The largest absolute Gasteiger partial charge is 0.385 e. The normalized spacial score (nSPS) is 37.1. The van der Waals surface area contributed by atoms with E-state index in [0.717, 1.165) is 35.8 Å². The average molecular weight is 248 g/mol. The first kappa shape index (κ1) is 10.1. The summed E-state index contributed by atoms with van der Waals surface area (Å²) in [4.78, 5) is 4.29. The Balaban J connectivity index is 1.84. The number of nitrogens with zero attached hydrogens (tertiary/aromatic N) is 1. The van der Waals surface area contributed by atoms with Crippen LogP contribution < -0.4 is 0 Å². The van der Waals surface area contributed by atoms with Gasteiger partial charge in [-0.1, -0.05) is 11.6 Å². The van der Waals surface area contributed by atoms with Gasteiger partial charge in [-0.05, 0) is 59.9 Å². The molecule has 1 unspecified atom stereocenters. The predicted octanol–water partition coefficient (Wildman–Crippen LogP) is 2.89. The molecule has 3 heteroatoms. The fourth-order valence-electron chi connectivity index (χ4n) is 3.58. The van der Waals surface area contributed by atoms with Gasteiger partial charge in [-0.25, -0.2) is 0 Å². The summed E-state index contributed by atoms with van der Waals surface area (Å²) < 4.78 is 0. The maximum atomic E-state index is 10.8. The van der Waals surface area contributed by atoms with Gasteiger partial charge in [0, 0.05) is 11.2 Å². The van der Waals surface area contributed by atoms with Crippen molar-refractivity contribution in [2.24, 2.45) is 16.8 Å². The van der Waals surface area contributed by atoms with Crippen molar-refractivity contribution in [1.82, 2.24) is 0 Å². The smallest absolute Gasteiger partial charge is 0.0906 e. The molecule has 0 saturated heterocycles. The lowest BCUT2D eigenvalue weighted by atomic mass is 9.84. The Labute approximate surface area is 105 Å². The molecule has 1 aromatic carbocycles. The van der Waals surface area contributed by atoms with Gasteiger partial charge >= 0.3 is 0 Å². The Bertz CT molecular complexity index is 527. The molecule has 2 saturated carbocycles. The van der Waals surface area contributed by atoms with Crippen LogP contribution in [-0.4, -0.2) is 11.3 Å². The van der Waals surface area contributed by atoms with Gasteiger partial charge in [0.25, 0.3) is 0 Å². The summed E-state index contributed by atoms with van der Waals surface area (Å²) in [6.07, 6.45) is 4.99. The number of aliphatic imine (C=N–C) groups is 1. The first-order chi connectivity index (χ1) is 8.16. The second-order valence-corrected chi connectivity index (χ2v) is 6.12. The third-order valence-corrected chi connectivity index (χ3v) is 4.72. The quantitative estimate of drug-likeness (QED) is 0.813. The third kappa shape index (κ3) is 1.40. The number of benzene rings is 1. The lowest BCUT2D eigenvalue weighted by molar-refractivity contribution is 0.0304. The fourth-order valence-corrected chi connectivity index (χ4v) is 3.81. The Hall–Kier alpha value is -0.860. The second kappa shape index (κ2) is 3.12. The van der Waals surface area contributed by atoms with Crippen molar-refractivity contribution in [3.8, 4) is 0 Å². The maximum absolute atomic E-state index is 10.8. The number of rotatable bonds is 1. The highest BCUT2D eigenvalue weighted by Crippen LogP contribution is 2.60. The highest BCUT2D eigenvalue weighted by atomic mass is 35.5. The van der Waals surface area contributed by atoms with Crippen LogP contribution in [0.15, 0.2) is 17.1 Å². The molecule has 2 fully saturated rings. The van der Waals surface area contributed by atoms with Crippen LogP contribution in [0.25, 0.3) is 0 Å². The lowest BCUT2D eigenvalue weighted by Gasteiger charge is -2.27. The minimum atomic E-state index is -0.643. The Morgan fingerprint density at radius 2 is 2.06 bits per heavy atom. The average Bonchev–Trinajstić information content (AvgIpc) is 2.75. The summed E-state index contributed by atoms with van der Waals surface area (Å²) in [5.74, 6) is 1.49. The summed E-state index contributed by atoms with van der Waals surface area (Å²) in [6, 6.07) is 3.88. The molecule has 1 aliphatic heterocycles. The van der Waals surface area contributed by atoms with E-state index in [-0.39, 0.29) is 0 Å². The van der Waals surface area contributed by atoms with E-state index in [9.17, 15) is 5.11 Å². The zero-order valence-electron chi connectivity index (χ0n) is 9.49. The van der Waals surface area contributed by atoms with E-state index in [1.807, 2.05) is 18.3 Å². The van der Waals surface area contributed by atoms with E-state index in [1.165, 1.54) is 12.0 Å². The summed E-state index contributed by atoms with van der Waals surface area (Å²) >= 11 is 6.14. The summed E-state index contributed by atoms with van der Waals surface area (Å²) in [6.45, 7) is 0.694. The number of aliphatic hydroxyl groups is 1. The van der Waals surface area contributed by atoms with Crippen molar-refractivity contribution in [2.75, 3.05) is 0 Å². The van der Waals surface area contributed by atoms with Crippen LogP contribution in [0.4, 0.5) is 0 Å². The fraction of sp³-hybridized carbons (Fsp3) is 0.500. The van der Waals surface area contributed by atoms with Crippen LogP contribution in [0.3, 0.4) is 0 Å². The molecule has 88 valence electrons. The van der Waals surface area contributed by atoms with E-state index in [1.54, 1.807) is 0 Å². The molecule has 0 radical (unpaired) electrons. The molecule has 0 aromatic heterocycles. The Morgan fingerprint density at radius 3 is 2.82 bits per heavy atom. The van der Waals surface area contributed by atoms with Gasteiger partial charge in [-0.3, -0.25) is 4.99 Å². The standard InChI is InChI=1S/C14H14ClNO/c15-11-2-10-6-16-7-12(10)13(3-11)14(17)4-8-1-9(8)5-14/h2-3,6,8-9,17H,1,4-5,7H2/t8-,9+,14?. The van der Waals surface area contributed by atoms with Crippen LogP contribution in [-0.2, 0) is 12.1 Å². The molecule has 4 rings (SSSR count). The molecule has 0 bridgehead atoms. The molecule has 3 aliphatic rings. The summed E-state index contributed by atoms with van der Waals surface area (Å²) in [5, 5.41) is 11.5. The molecule has 2 nitrogen and oxygen atoms in total. The van der Waals surface area contributed by atoms with Crippen LogP contribution >= 0.6 is 11.6 Å². The van der Waals surface area contributed by atoms with Gasteiger partial charge in [0.1, 0.15) is 0 Å². The lowest BCUT2D eigenvalue weighted by Crippen LogP contribution is -2.25. The van der Waals surface area contributed by atoms with Crippen molar-refractivity contribution < 1.29 is 5.11 Å². The Morgan fingerprint density at radius 1 is 1.29 bits per heavy atom. The molecule has 0 spiro atoms. The zero-order valence-corrected chi connectivity index (χ0v) is 10.2. The molecular weight excluding hydrogens is 234 g/mol. The van der Waals surface area contributed by atoms with Crippen molar-refractivity contribution in [3.63, 3.8) is 0 Å². The SMILES string of the molecule is OC1(c2cc(Cl)cc3c2CN=C3)C[C@H]2C[C@H]2C1. The first-order valence-corrected chi connectivity index (χ1v) is 6.59.